The molecule has 0 aromatic heterocycles. The average molecular weight is 280 g/mol. The lowest BCUT2D eigenvalue weighted by molar-refractivity contribution is 0.474. The summed E-state index contributed by atoms with van der Waals surface area (Å²) >= 11 is 0. The minimum atomic E-state index is 0.256. The van der Waals surface area contributed by atoms with Gasteiger partial charge in [0.15, 0.2) is 0 Å². The fourth-order valence-corrected chi connectivity index (χ4v) is 2.64. The van der Waals surface area contributed by atoms with Crippen LogP contribution in [0.3, 0.4) is 0 Å². The zero-order valence-electron chi connectivity index (χ0n) is 12.1. The van der Waals surface area contributed by atoms with Crippen molar-refractivity contribution in [3.05, 3.63) is 54.1 Å². The van der Waals surface area contributed by atoms with Crippen molar-refractivity contribution in [1.29, 1.82) is 0 Å². The Kier molecular flexibility index (Phi) is 4.20. The first-order chi connectivity index (χ1) is 10.3. The largest absolute Gasteiger partial charge is 0.507 e. The first-order valence-electron chi connectivity index (χ1n) is 7.50. The Labute approximate surface area is 125 Å². The van der Waals surface area contributed by atoms with E-state index in [0.717, 1.165) is 24.3 Å². The van der Waals surface area contributed by atoms with Crippen LogP contribution >= 0.6 is 0 Å². The number of hydrogen-bond donors (Lipinski definition) is 1. The lowest BCUT2D eigenvalue weighted by Gasteiger charge is -2.28. The van der Waals surface area contributed by atoms with Crippen molar-refractivity contribution in [2.45, 2.75) is 19.3 Å². The van der Waals surface area contributed by atoms with Crippen molar-refractivity contribution >= 4 is 17.6 Å². The van der Waals surface area contributed by atoms with E-state index in [9.17, 15) is 5.11 Å². The Bertz CT molecular complexity index is 613. The van der Waals surface area contributed by atoms with Gasteiger partial charge in [-0.05, 0) is 55.7 Å². The number of piperidine rings is 1. The molecule has 0 spiro atoms. The number of nitrogens with zero attached hydrogens (tertiary/aromatic N) is 2. The summed E-state index contributed by atoms with van der Waals surface area (Å²) in [6, 6.07) is 15.5. The quantitative estimate of drug-likeness (QED) is 0.858. The van der Waals surface area contributed by atoms with Crippen molar-refractivity contribution in [2.75, 3.05) is 18.0 Å². The second kappa shape index (κ2) is 6.44. The molecule has 0 amide bonds. The predicted octanol–water partition coefficient (Wildman–Crippen LogP) is 4.13. The van der Waals surface area contributed by atoms with E-state index in [1.807, 2.05) is 24.3 Å². The highest BCUT2D eigenvalue weighted by molar-refractivity contribution is 5.85. The molecule has 1 N–H and O–H groups in total. The summed E-state index contributed by atoms with van der Waals surface area (Å²) < 4.78 is 0. The van der Waals surface area contributed by atoms with Gasteiger partial charge in [-0.15, -0.1) is 0 Å². The average Bonchev–Trinajstić information content (AvgIpc) is 2.55. The summed E-state index contributed by atoms with van der Waals surface area (Å²) in [6.45, 7) is 2.31. The van der Waals surface area contributed by atoms with Crippen LogP contribution < -0.4 is 4.90 Å². The first-order valence-corrected chi connectivity index (χ1v) is 7.50. The zero-order chi connectivity index (χ0) is 14.5. The van der Waals surface area contributed by atoms with Gasteiger partial charge in [-0.1, -0.05) is 12.1 Å². The highest BCUT2D eigenvalue weighted by Gasteiger charge is 2.10. The van der Waals surface area contributed by atoms with Crippen molar-refractivity contribution in [3.8, 4) is 5.75 Å². The molecular weight excluding hydrogens is 260 g/mol. The number of phenolic OH excluding ortho intramolecular Hbond substituents is 1. The predicted molar refractivity (Wildman–Crippen MR) is 87.9 cm³/mol. The third-order valence-corrected chi connectivity index (χ3v) is 3.86. The van der Waals surface area contributed by atoms with Gasteiger partial charge in [-0.3, -0.25) is 4.99 Å². The van der Waals surface area contributed by atoms with Crippen LogP contribution in [-0.2, 0) is 0 Å². The van der Waals surface area contributed by atoms with Gasteiger partial charge < -0.3 is 10.0 Å². The molecular formula is C18H20N2O. The van der Waals surface area contributed by atoms with E-state index in [2.05, 4.69) is 22.0 Å². The number of anilines is 1. The van der Waals surface area contributed by atoms with Crippen LogP contribution in [0.25, 0.3) is 0 Å². The van der Waals surface area contributed by atoms with E-state index < -0.39 is 0 Å². The molecule has 0 bridgehead atoms. The minimum absolute atomic E-state index is 0.256. The molecule has 1 aliphatic rings. The smallest absolute Gasteiger partial charge is 0.124 e. The summed E-state index contributed by atoms with van der Waals surface area (Å²) in [7, 11) is 0. The van der Waals surface area contributed by atoms with Crippen molar-refractivity contribution in [3.63, 3.8) is 0 Å². The Morgan fingerprint density at radius 1 is 0.905 bits per heavy atom. The Hall–Kier alpha value is -2.29. The Morgan fingerprint density at radius 2 is 1.62 bits per heavy atom. The van der Waals surface area contributed by atoms with Gasteiger partial charge in [0, 0.05) is 30.6 Å². The minimum Gasteiger partial charge on any atom is -0.507 e. The van der Waals surface area contributed by atoms with E-state index >= 15 is 0 Å². The Morgan fingerprint density at radius 3 is 2.33 bits per heavy atom. The van der Waals surface area contributed by atoms with Crippen LogP contribution in [0.15, 0.2) is 53.5 Å². The van der Waals surface area contributed by atoms with Gasteiger partial charge in [0.2, 0.25) is 0 Å². The fraction of sp³-hybridized carbons (Fsp3) is 0.278. The van der Waals surface area contributed by atoms with Gasteiger partial charge in [0.1, 0.15) is 5.75 Å². The summed E-state index contributed by atoms with van der Waals surface area (Å²) in [5.74, 6) is 0.256. The third kappa shape index (κ3) is 3.43. The van der Waals surface area contributed by atoms with Crippen LogP contribution in [0.2, 0.25) is 0 Å². The van der Waals surface area contributed by atoms with Gasteiger partial charge >= 0.3 is 0 Å². The van der Waals surface area contributed by atoms with E-state index in [0.29, 0.717) is 0 Å². The molecule has 1 fully saturated rings. The Balaban J connectivity index is 1.71. The molecule has 1 aliphatic heterocycles. The lowest BCUT2D eigenvalue weighted by atomic mass is 10.1. The number of hydrogen-bond acceptors (Lipinski definition) is 3. The molecule has 1 heterocycles. The molecule has 21 heavy (non-hydrogen) atoms. The monoisotopic (exact) mass is 280 g/mol. The van der Waals surface area contributed by atoms with E-state index in [4.69, 9.17) is 0 Å². The molecule has 3 nitrogen and oxygen atoms in total. The van der Waals surface area contributed by atoms with Crippen LogP contribution in [0.5, 0.6) is 5.75 Å². The molecule has 0 radical (unpaired) electrons. The molecule has 0 saturated carbocycles. The van der Waals surface area contributed by atoms with Crippen molar-refractivity contribution in [1.82, 2.24) is 0 Å². The summed E-state index contributed by atoms with van der Waals surface area (Å²) in [6.07, 6.45) is 5.62. The van der Waals surface area contributed by atoms with Crippen molar-refractivity contribution in [2.24, 2.45) is 4.99 Å². The van der Waals surface area contributed by atoms with Gasteiger partial charge in [-0.25, -0.2) is 0 Å². The number of phenols is 1. The highest BCUT2D eigenvalue weighted by Crippen LogP contribution is 2.23. The normalized spacial score (nSPS) is 15.5. The first kappa shape index (κ1) is 13.7. The van der Waals surface area contributed by atoms with Gasteiger partial charge in [-0.2, -0.15) is 0 Å². The molecule has 2 aromatic rings. The maximum atomic E-state index is 9.70. The summed E-state index contributed by atoms with van der Waals surface area (Å²) in [5.41, 5.74) is 2.91. The van der Waals surface area contributed by atoms with Gasteiger partial charge in [0.05, 0.1) is 5.69 Å². The molecule has 2 aromatic carbocycles. The summed E-state index contributed by atoms with van der Waals surface area (Å²) in [4.78, 5) is 6.85. The fourth-order valence-electron chi connectivity index (χ4n) is 2.64. The number of aliphatic imine (C=N–C) groups is 1. The molecule has 0 atom stereocenters. The topological polar surface area (TPSA) is 35.8 Å². The maximum absolute atomic E-state index is 9.70. The SMILES string of the molecule is Oc1ccccc1C=Nc1ccc(N2CCCCC2)cc1. The van der Waals surface area contributed by atoms with Crippen LogP contribution in [0.1, 0.15) is 24.8 Å². The zero-order valence-corrected chi connectivity index (χ0v) is 12.1. The lowest BCUT2D eigenvalue weighted by Crippen LogP contribution is -2.29. The molecule has 0 aliphatic carbocycles. The van der Waals surface area contributed by atoms with Crippen LogP contribution in [0, 0.1) is 0 Å². The number of rotatable bonds is 3. The van der Waals surface area contributed by atoms with E-state index in [1.165, 1.54) is 24.9 Å². The molecule has 3 rings (SSSR count). The molecule has 0 unspecified atom stereocenters. The number of para-hydroxylation sites is 1. The second-order valence-corrected chi connectivity index (χ2v) is 5.38. The van der Waals surface area contributed by atoms with Crippen LogP contribution in [0.4, 0.5) is 11.4 Å². The maximum Gasteiger partial charge on any atom is 0.124 e. The molecule has 108 valence electrons. The van der Waals surface area contributed by atoms with E-state index in [-0.39, 0.29) is 5.75 Å². The summed E-state index contributed by atoms with van der Waals surface area (Å²) in [5, 5.41) is 9.70. The van der Waals surface area contributed by atoms with Crippen LogP contribution in [-0.4, -0.2) is 24.4 Å². The second-order valence-electron chi connectivity index (χ2n) is 5.38. The highest BCUT2D eigenvalue weighted by atomic mass is 16.3. The van der Waals surface area contributed by atoms with E-state index in [1.54, 1.807) is 18.3 Å². The molecule has 1 saturated heterocycles. The third-order valence-electron chi connectivity index (χ3n) is 3.86. The van der Waals surface area contributed by atoms with Gasteiger partial charge in [0.25, 0.3) is 0 Å². The molecule has 3 heteroatoms. The number of aromatic hydroxyl groups is 1. The standard InChI is InChI=1S/C18H20N2O/c21-18-7-3-2-6-15(18)14-19-16-8-10-17(11-9-16)20-12-4-1-5-13-20/h2-3,6-11,14,21H,1,4-5,12-13H2. The number of benzene rings is 2. The van der Waals surface area contributed by atoms with Crippen molar-refractivity contribution < 1.29 is 5.11 Å².